The third kappa shape index (κ3) is 2.40. The topological polar surface area (TPSA) is 37.8 Å². The summed E-state index contributed by atoms with van der Waals surface area (Å²) in [6.07, 6.45) is 5.27. The van der Waals surface area contributed by atoms with Gasteiger partial charge in [-0.15, -0.1) is 0 Å². The fourth-order valence-electron chi connectivity index (χ4n) is 2.54. The molecule has 0 saturated heterocycles. The van der Waals surface area contributed by atoms with Crippen LogP contribution in [0.4, 0.5) is 0 Å². The molecule has 0 bridgehead atoms. The Morgan fingerprint density at radius 2 is 1.90 bits per heavy atom. The van der Waals surface area contributed by atoms with Crippen LogP contribution < -0.4 is 5.32 Å². The Morgan fingerprint density at radius 1 is 1.05 bits per heavy atom. The van der Waals surface area contributed by atoms with Gasteiger partial charge >= 0.3 is 0 Å². The number of rotatable bonds is 4. The van der Waals surface area contributed by atoms with Crippen LogP contribution in [0.5, 0.6) is 0 Å². The van der Waals surface area contributed by atoms with Gasteiger partial charge in [0.15, 0.2) is 0 Å². The largest absolute Gasteiger partial charge is 0.305 e. The normalized spacial score (nSPS) is 12.4. The van der Waals surface area contributed by atoms with Gasteiger partial charge in [0.2, 0.25) is 0 Å². The summed E-state index contributed by atoms with van der Waals surface area (Å²) in [6, 6.07) is 14.9. The van der Waals surface area contributed by atoms with Gasteiger partial charge in [0.1, 0.15) is 0 Å². The second-order valence-corrected chi connectivity index (χ2v) is 4.69. The number of hydrogen-bond donors (Lipinski definition) is 1. The maximum Gasteiger partial charge on any atom is 0.0801 e. The lowest BCUT2D eigenvalue weighted by molar-refractivity contribution is 0.616. The predicted molar refractivity (Wildman–Crippen MR) is 81.5 cm³/mol. The molecule has 1 heterocycles. The summed E-state index contributed by atoms with van der Waals surface area (Å²) < 4.78 is 0. The van der Waals surface area contributed by atoms with Crippen molar-refractivity contribution in [2.24, 2.45) is 0 Å². The summed E-state index contributed by atoms with van der Waals surface area (Å²) in [6.45, 7) is 2.99. The molecule has 0 fully saturated rings. The number of nitrogens with one attached hydrogen (secondary N) is 1. The van der Waals surface area contributed by atoms with Gasteiger partial charge in [-0.05, 0) is 22.9 Å². The average Bonchev–Trinajstić information content (AvgIpc) is 2.53. The second kappa shape index (κ2) is 5.80. The summed E-state index contributed by atoms with van der Waals surface area (Å²) in [5, 5.41) is 6.01. The van der Waals surface area contributed by atoms with E-state index in [4.69, 9.17) is 0 Å². The molecular weight excluding hydrogens is 246 g/mol. The summed E-state index contributed by atoms with van der Waals surface area (Å²) in [5.74, 6) is 0. The van der Waals surface area contributed by atoms with E-state index in [1.54, 1.807) is 12.4 Å². The van der Waals surface area contributed by atoms with Gasteiger partial charge < -0.3 is 5.32 Å². The molecule has 3 aromatic rings. The molecule has 3 rings (SSSR count). The van der Waals surface area contributed by atoms with Crippen molar-refractivity contribution in [2.75, 3.05) is 6.54 Å². The van der Waals surface area contributed by atoms with Crippen molar-refractivity contribution in [3.8, 4) is 0 Å². The van der Waals surface area contributed by atoms with Crippen LogP contribution in [0.2, 0.25) is 0 Å². The zero-order valence-electron chi connectivity index (χ0n) is 11.5. The zero-order valence-corrected chi connectivity index (χ0v) is 11.5. The molecule has 0 amide bonds. The van der Waals surface area contributed by atoms with Crippen LogP contribution in [0, 0.1) is 0 Å². The summed E-state index contributed by atoms with van der Waals surface area (Å²) in [5.41, 5.74) is 2.19. The molecule has 0 aliphatic carbocycles. The van der Waals surface area contributed by atoms with E-state index in [2.05, 4.69) is 64.7 Å². The molecule has 1 unspecified atom stereocenters. The smallest absolute Gasteiger partial charge is 0.0801 e. The highest BCUT2D eigenvalue weighted by Gasteiger charge is 2.16. The summed E-state index contributed by atoms with van der Waals surface area (Å²) >= 11 is 0. The van der Waals surface area contributed by atoms with Crippen LogP contribution in [-0.4, -0.2) is 16.5 Å². The predicted octanol–water partition coefficient (Wildman–Crippen LogP) is 3.33. The van der Waals surface area contributed by atoms with E-state index in [1.165, 1.54) is 16.3 Å². The van der Waals surface area contributed by atoms with Crippen LogP contribution >= 0.6 is 0 Å². The first-order valence-corrected chi connectivity index (χ1v) is 6.87. The molecule has 0 saturated carbocycles. The van der Waals surface area contributed by atoms with Gasteiger partial charge in [0, 0.05) is 12.4 Å². The lowest BCUT2D eigenvalue weighted by Crippen LogP contribution is -2.23. The molecule has 0 aliphatic heterocycles. The SMILES string of the molecule is CCNC(c1cnccn1)c1cccc2ccccc12. The van der Waals surface area contributed by atoms with Gasteiger partial charge in [-0.3, -0.25) is 9.97 Å². The standard InChI is InChI=1S/C17H17N3/c1-2-19-17(16-12-18-10-11-20-16)15-9-5-7-13-6-3-4-8-14(13)15/h3-12,17,19H,2H2,1H3. The van der Waals surface area contributed by atoms with Gasteiger partial charge in [0.25, 0.3) is 0 Å². The molecule has 0 spiro atoms. The Labute approximate surface area is 118 Å². The molecule has 1 aromatic heterocycles. The fourth-order valence-corrected chi connectivity index (χ4v) is 2.54. The fraction of sp³-hybridized carbons (Fsp3) is 0.176. The van der Waals surface area contributed by atoms with Crippen LogP contribution in [0.25, 0.3) is 10.8 Å². The van der Waals surface area contributed by atoms with Crippen molar-refractivity contribution in [3.63, 3.8) is 0 Å². The van der Waals surface area contributed by atoms with Crippen molar-refractivity contribution < 1.29 is 0 Å². The first kappa shape index (κ1) is 12.8. The first-order chi connectivity index (χ1) is 9.90. The maximum absolute atomic E-state index is 4.46. The molecule has 0 radical (unpaired) electrons. The van der Waals surface area contributed by atoms with Crippen LogP contribution in [0.1, 0.15) is 24.2 Å². The lowest BCUT2D eigenvalue weighted by Gasteiger charge is -2.19. The van der Waals surface area contributed by atoms with Crippen molar-refractivity contribution in [2.45, 2.75) is 13.0 Å². The molecule has 1 atom stereocenters. The first-order valence-electron chi connectivity index (χ1n) is 6.87. The third-order valence-electron chi connectivity index (χ3n) is 3.42. The van der Waals surface area contributed by atoms with E-state index in [9.17, 15) is 0 Å². The minimum atomic E-state index is 0.0693. The van der Waals surface area contributed by atoms with Gasteiger partial charge in [-0.2, -0.15) is 0 Å². The van der Waals surface area contributed by atoms with Crippen molar-refractivity contribution >= 4 is 10.8 Å². The number of fused-ring (bicyclic) bond motifs is 1. The number of benzene rings is 2. The monoisotopic (exact) mass is 263 g/mol. The van der Waals surface area contributed by atoms with Gasteiger partial charge in [0.05, 0.1) is 17.9 Å². The number of aromatic nitrogens is 2. The molecule has 20 heavy (non-hydrogen) atoms. The highest BCUT2D eigenvalue weighted by atomic mass is 14.9. The lowest BCUT2D eigenvalue weighted by atomic mass is 9.97. The van der Waals surface area contributed by atoms with E-state index >= 15 is 0 Å². The van der Waals surface area contributed by atoms with E-state index in [1.807, 2.05) is 6.20 Å². The van der Waals surface area contributed by atoms with Gasteiger partial charge in [-0.1, -0.05) is 49.4 Å². The van der Waals surface area contributed by atoms with Gasteiger partial charge in [-0.25, -0.2) is 0 Å². The molecule has 3 nitrogen and oxygen atoms in total. The number of nitrogens with zero attached hydrogens (tertiary/aromatic N) is 2. The molecule has 1 N–H and O–H groups in total. The Hall–Kier alpha value is -2.26. The van der Waals surface area contributed by atoms with E-state index in [-0.39, 0.29) is 6.04 Å². The summed E-state index contributed by atoms with van der Waals surface area (Å²) in [7, 11) is 0. The molecule has 3 heteroatoms. The Kier molecular flexibility index (Phi) is 3.70. The second-order valence-electron chi connectivity index (χ2n) is 4.69. The minimum Gasteiger partial charge on any atom is -0.305 e. The molecule has 100 valence electrons. The average molecular weight is 263 g/mol. The third-order valence-corrected chi connectivity index (χ3v) is 3.42. The quantitative estimate of drug-likeness (QED) is 0.784. The maximum atomic E-state index is 4.46. The Balaban J connectivity index is 2.15. The van der Waals surface area contributed by atoms with Crippen molar-refractivity contribution in [3.05, 3.63) is 72.3 Å². The van der Waals surface area contributed by atoms with Crippen LogP contribution in [-0.2, 0) is 0 Å². The van der Waals surface area contributed by atoms with Crippen molar-refractivity contribution in [1.29, 1.82) is 0 Å². The minimum absolute atomic E-state index is 0.0693. The van der Waals surface area contributed by atoms with E-state index in [0.717, 1.165) is 12.2 Å². The number of hydrogen-bond acceptors (Lipinski definition) is 3. The Bertz CT molecular complexity index is 689. The van der Waals surface area contributed by atoms with Crippen molar-refractivity contribution in [1.82, 2.24) is 15.3 Å². The molecular formula is C17H17N3. The van der Waals surface area contributed by atoms with E-state index < -0.39 is 0 Å². The van der Waals surface area contributed by atoms with Crippen LogP contribution in [0.15, 0.2) is 61.1 Å². The Morgan fingerprint density at radius 3 is 2.70 bits per heavy atom. The van der Waals surface area contributed by atoms with E-state index in [0.29, 0.717) is 0 Å². The van der Waals surface area contributed by atoms with Crippen LogP contribution in [0.3, 0.4) is 0 Å². The zero-order chi connectivity index (χ0) is 13.8. The summed E-state index contributed by atoms with van der Waals surface area (Å²) in [4.78, 5) is 8.65. The highest BCUT2D eigenvalue weighted by Crippen LogP contribution is 2.27. The molecule has 2 aromatic carbocycles. The molecule has 0 aliphatic rings. The highest BCUT2D eigenvalue weighted by molar-refractivity contribution is 5.86.